The first kappa shape index (κ1) is 8.93. The fraction of sp³-hybridized carbons (Fsp3) is 0.500. The van der Waals surface area contributed by atoms with E-state index in [9.17, 15) is 5.11 Å². The molecule has 0 heterocycles. The van der Waals surface area contributed by atoms with Gasteiger partial charge in [0, 0.05) is 4.47 Å². The molecule has 14 heavy (non-hydrogen) atoms. The van der Waals surface area contributed by atoms with Crippen LogP contribution in [0.4, 0.5) is 0 Å². The molecule has 2 unspecified atom stereocenters. The van der Waals surface area contributed by atoms with Gasteiger partial charge in [0.25, 0.3) is 0 Å². The molecule has 3 rings (SSSR count). The Morgan fingerprint density at radius 1 is 1.29 bits per heavy atom. The van der Waals surface area contributed by atoms with Gasteiger partial charge in [-0.05, 0) is 42.4 Å². The van der Waals surface area contributed by atoms with Crippen molar-refractivity contribution in [2.45, 2.75) is 24.9 Å². The van der Waals surface area contributed by atoms with Gasteiger partial charge in [0.2, 0.25) is 0 Å². The molecule has 0 aromatic heterocycles. The van der Waals surface area contributed by atoms with Gasteiger partial charge < -0.3 is 5.11 Å². The van der Waals surface area contributed by atoms with Crippen LogP contribution in [0, 0.1) is 11.8 Å². The minimum absolute atomic E-state index is 0.484. The normalized spacial score (nSPS) is 39.6. The summed E-state index contributed by atoms with van der Waals surface area (Å²) in [7, 11) is 0. The molecular formula is C12H13BrO. The lowest BCUT2D eigenvalue weighted by Gasteiger charge is -2.14. The van der Waals surface area contributed by atoms with E-state index in [0.717, 1.165) is 10.0 Å². The minimum Gasteiger partial charge on any atom is -0.385 e. The average Bonchev–Trinajstić information content (AvgIpc) is 2.62. The molecule has 0 saturated heterocycles. The molecule has 0 aliphatic heterocycles. The minimum atomic E-state index is -0.484. The standard InChI is InChI=1S/C12H13BrO/c13-9-4-1-3-8(7-9)12(14)10-5-2-6-11(10)12/h1,3-4,7,10-11,14H,2,5-6H2. The number of hydrogen-bond donors (Lipinski definition) is 1. The molecule has 0 spiro atoms. The van der Waals surface area contributed by atoms with Crippen molar-refractivity contribution in [2.75, 3.05) is 0 Å². The van der Waals surface area contributed by atoms with Crippen molar-refractivity contribution >= 4 is 15.9 Å². The van der Waals surface area contributed by atoms with Crippen molar-refractivity contribution in [1.29, 1.82) is 0 Å². The summed E-state index contributed by atoms with van der Waals surface area (Å²) in [5.74, 6) is 1.08. The molecule has 2 aliphatic carbocycles. The van der Waals surface area contributed by atoms with Gasteiger partial charge in [-0.2, -0.15) is 0 Å². The van der Waals surface area contributed by atoms with E-state index in [-0.39, 0.29) is 0 Å². The second kappa shape index (κ2) is 2.83. The first-order valence-corrected chi connectivity index (χ1v) is 6.00. The van der Waals surface area contributed by atoms with Gasteiger partial charge in [-0.25, -0.2) is 0 Å². The van der Waals surface area contributed by atoms with Crippen LogP contribution in [0.5, 0.6) is 0 Å². The predicted octanol–water partition coefficient (Wildman–Crippen LogP) is 3.07. The Labute approximate surface area is 92.3 Å². The summed E-state index contributed by atoms with van der Waals surface area (Å²) in [4.78, 5) is 0. The Bertz CT molecular complexity index is 364. The molecule has 0 amide bonds. The lowest BCUT2D eigenvalue weighted by Crippen LogP contribution is -2.12. The smallest absolute Gasteiger partial charge is 0.0960 e. The van der Waals surface area contributed by atoms with E-state index >= 15 is 0 Å². The quantitative estimate of drug-likeness (QED) is 0.815. The third-order valence-electron chi connectivity index (χ3n) is 3.82. The molecule has 1 aromatic carbocycles. The molecule has 2 atom stereocenters. The molecule has 1 aromatic rings. The molecule has 0 bridgehead atoms. The van der Waals surface area contributed by atoms with Crippen molar-refractivity contribution in [3.63, 3.8) is 0 Å². The largest absolute Gasteiger partial charge is 0.385 e. The molecule has 2 fully saturated rings. The lowest BCUT2D eigenvalue weighted by atomic mass is 9.99. The van der Waals surface area contributed by atoms with Crippen LogP contribution in [0.25, 0.3) is 0 Å². The molecule has 2 aliphatic rings. The Hall–Kier alpha value is -0.340. The zero-order valence-electron chi connectivity index (χ0n) is 7.91. The van der Waals surface area contributed by atoms with Gasteiger partial charge in [-0.15, -0.1) is 0 Å². The number of aliphatic hydroxyl groups is 1. The second-order valence-electron chi connectivity index (χ2n) is 4.48. The number of fused-ring (bicyclic) bond motifs is 1. The van der Waals surface area contributed by atoms with Gasteiger partial charge in [0.15, 0.2) is 0 Å². The lowest BCUT2D eigenvalue weighted by molar-refractivity contribution is 0.105. The fourth-order valence-electron chi connectivity index (χ4n) is 3.09. The topological polar surface area (TPSA) is 20.2 Å². The molecule has 2 saturated carbocycles. The van der Waals surface area contributed by atoms with E-state index in [1.807, 2.05) is 18.2 Å². The highest BCUT2D eigenvalue weighted by Crippen LogP contribution is 2.66. The molecule has 1 N–H and O–H groups in total. The van der Waals surface area contributed by atoms with E-state index < -0.39 is 5.60 Å². The molecule has 2 heteroatoms. The second-order valence-corrected chi connectivity index (χ2v) is 5.40. The molecular weight excluding hydrogens is 240 g/mol. The summed E-state index contributed by atoms with van der Waals surface area (Å²) in [5, 5.41) is 10.5. The Morgan fingerprint density at radius 3 is 2.64 bits per heavy atom. The zero-order valence-corrected chi connectivity index (χ0v) is 9.50. The number of benzene rings is 1. The van der Waals surface area contributed by atoms with Crippen LogP contribution in [0.3, 0.4) is 0 Å². The molecule has 0 radical (unpaired) electrons. The van der Waals surface area contributed by atoms with E-state index in [2.05, 4.69) is 22.0 Å². The third kappa shape index (κ3) is 1.04. The predicted molar refractivity (Wildman–Crippen MR) is 58.9 cm³/mol. The monoisotopic (exact) mass is 252 g/mol. The zero-order chi connectivity index (χ0) is 9.76. The van der Waals surface area contributed by atoms with Crippen LogP contribution in [0.2, 0.25) is 0 Å². The van der Waals surface area contributed by atoms with Gasteiger partial charge in [-0.1, -0.05) is 34.5 Å². The van der Waals surface area contributed by atoms with E-state index in [0.29, 0.717) is 11.8 Å². The van der Waals surface area contributed by atoms with Crippen molar-refractivity contribution in [3.05, 3.63) is 34.3 Å². The van der Waals surface area contributed by atoms with E-state index in [1.165, 1.54) is 19.3 Å². The first-order valence-electron chi connectivity index (χ1n) is 5.21. The third-order valence-corrected chi connectivity index (χ3v) is 4.32. The van der Waals surface area contributed by atoms with E-state index in [1.54, 1.807) is 0 Å². The van der Waals surface area contributed by atoms with Gasteiger partial charge in [0.05, 0.1) is 5.60 Å². The van der Waals surface area contributed by atoms with Crippen LogP contribution in [-0.4, -0.2) is 5.11 Å². The average molecular weight is 253 g/mol. The number of halogens is 1. The SMILES string of the molecule is OC1(c2cccc(Br)c2)C2CCCC21. The molecule has 74 valence electrons. The Kier molecular flexibility index (Phi) is 1.80. The summed E-state index contributed by atoms with van der Waals surface area (Å²) < 4.78 is 1.06. The maximum absolute atomic E-state index is 10.5. The summed E-state index contributed by atoms with van der Waals surface area (Å²) in [6.45, 7) is 0. The van der Waals surface area contributed by atoms with Crippen LogP contribution in [-0.2, 0) is 5.60 Å². The van der Waals surface area contributed by atoms with Crippen molar-refractivity contribution in [1.82, 2.24) is 0 Å². The van der Waals surface area contributed by atoms with Crippen molar-refractivity contribution < 1.29 is 5.11 Å². The maximum atomic E-state index is 10.5. The van der Waals surface area contributed by atoms with Crippen molar-refractivity contribution in [2.24, 2.45) is 11.8 Å². The van der Waals surface area contributed by atoms with Crippen LogP contribution in [0.15, 0.2) is 28.7 Å². The highest BCUT2D eigenvalue weighted by atomic mass is 79.9. The maximum Gasteiger partial charge on any atom is 0.0960 e. The summed E-state index contributed by atoms with van der Waals surface area (Å²) >= 11 is 3.45. The van der Waals surface area contributed by atoms with E-state index in [4.69, 9.17) is 0 Å². The Balaban J connectivity index is 1.97. The van der Waals surface area contributed by atoms with Crippen molar-refractivity contribution in [3.8, 4) is 0 Å². The van der Waals surface area contributed by atoms with Gasteiger partial charge in [0.1, 0.15) is 0 Å². The van der Waals surface area contributed by atoms with Gasteiger partial charge >= 0.3 is 0 Å². The fourth-order valence-corrected chi connectivity index (χ4v) is 3.49. The van der Waals surface area contributed by atoms with Crippen LogP contribution < -0.4 is 0 Å². The summed E-state index contributed by atoms with van der Waals surface area (Å²) in [6.07, 6.45) is 3.70. The summed E-state index contributed by atoms with van der Waals surface area (Å²) in [5.41, 5.74) is 0.615. The number of rotatable bonds is 1. The van der Waals surface area contributed by atoms with Crippen LogP contribution in [0.1, 0.15) is 24.8 Å². The van der Waals surface area contributed by atoms with Gasteiger partial charge in [-0.3, -0.25) is 0 Å². The molecule has 1 nitrogen and oxygen atoms in total. The highest BCUT2D eigenvalue weighted by Gasteiger charge is 2.66. The van der Waals surface area contributed by atoms with Crippen LogP contribution >= 0.6 is 15.9 Å². The Morgan fingerprint density at radius 2 is 2.00 bits per heavy atom. The summed E-state index contributed by atoms with van der Waals surface area (Å²) in [6, 6.07) is 8.11. The highest BCUT2D eigenvalue weighted by molar-refractivity contribution is 9.10. The number of hydrogen-bond acceptors (Lipinski definition) is 1. The first-order chi connectivity index (χ1) is 6.73.